The Hall–Kier alpha value is -3.54. The number of hydrogen-bond acceptors (Lipinski definition) is 7. The van der Waals surface area contributed by atoms with Gasteiger partial charge in [-0.2, -0.15) is 5.10 Å². The topological polar surface area (TPSA) is 115 Å². The second-order valence-electron chi connectivity index (χ2n) is 10.5. The number of benzene rings is 2. The number of rotatable bonds is 7. The molecule has 42 heavy (non-hydrogen) atoms. The summed E-state index contributed by atoms with van der Waals surface area (Å²) >= 11 is 0. The van der Waals surface area contributed by atoms with Crippen molar-refractivity contribution < 1.29 is 13.9 Å². The Bertz CT molecular complexity index is 1710. The quantitative estimate of drug-likeness (QED) is 0.277. The van der Waals surface area contributed by atoms with E-state index in [1.165, 1.54) is 17.0 Å². The predicted octanol–water partition coefficient (Wildman–Crippen LogP) is 4.53. The van der Waals surface area contributed by atoms with E-state index in [0.29, 0.717) is 61.4 Å². The summed E-state index contributed by atoms with van der Waals surface area (Å²) in [6.07, 6.45) is 3.95. The van der Waals surface area contributed by atoms with Crippen LogP contribution in [0.2, 0.25) is 0 Å². The summed E-state index contributed by atoms with van der Waals surface area (Å²) in [7, 11) is 1.79. The van der Waals surface area contributed by atoms with E-state index in [4.69, 9.17) is 10.2 Å². The average molecular weight is 616 g/mol. The molecule has 1 aliphatic heterocycles. The molecule has 0 spiro atoms. The molecule has 222 valence electrons. The molecule has 5 aromatic rings. The third kappa shape index (κ3) is 6.13. The highest BCUT2D eigenvalue weighted by molar-refractivity contribution is 5.89. The molecule has 12 heteroatoms. The minimum absolute atomic E-state index is 0. The van der Waals surface area contributed by atoms with E-state index in [1.807, 2.05) is 30.3 Å². The van der Waals surface area contributed by atoms with Crippen molar-refractivity contribution in [2.75, 3.05) is 13.1 Å². The molecule has 0 bridgehead atoms. The van der Waals surface area contributed by atoms with E-state index in [9.17, 15) is 14.3 Å². The molecular formula is C30H33Cl2FN6O3. The van der Waals surface area contributed by atoms with Crippen LogP contribution in [-0.4, -0.2) is 48.0 Å². The second kappa shape index (κ2) is 12.8. The summed E-state index contributed by atoms with van der Waals surface area (Å²) in [5, 5.41) is 15.8. The maximum atomic E-state index is 14.8. The normalized spacial score (nSPS) is 14.9. The Balaban J connectivity index is 0.00000202. The van der Waals surface area contributed by atoms with Gasteiger partial charge in [-0.1, -0.05) is 36.4 Å². The Kier molecular flexibility index (Phi) is 9.54. The van der Waals surface area contributed by atoms with E-state index in [0.717, 1.165) is 16.8 Å². The van der Waals surface area contributed by atoms with Crippen molar-refractivity contribution in [1.82, 2.24) is 24.2 Å². The fourth-order valence-electron chi connectivity index (χ4n) is 5.44. The first-order valence-electron chi connectivity index (χ1n) is 13.3. The molecule has 3 N–H and O–H groups in total. The summed E-state index contributed by atoms with van der Waals surface area (Å²) in [5.41, 5.74) is 9.07. The van der Waals surface area contributed by atoms with Crippen molar-refractivity contribution in [3.05, 3.63) is 94.5 Å². The van der Waals surface area contributed by atoms with Gasteiger partial charge in [-0.25, -0.2) is 9.37 Å². The van der Waals surface area contributed by atoms with E-state index in [1.54, 1.807) is 36.2 Å². The largest absolute Gasteiger partial charge is 0.464 e. The molecule has 0 saturated carbocycles. The van der Waals surface area contributed by atoms with Crippen molar-refractivity contribution in [1.29, 1.82) is 0 Å². The van der Waals surface area contributed by atoms with E-state index in [2.05, 4.69) is 15.0 Å². The van der Waals surface area contributed by atoms with Gasteiger partial charge in [0, 0.05) is 49.9 Å². The van der Waals surface area contributed by atoms with Crippen LogP contribution in [0.1, 0.15) is 24.0 Å². The van der Waals surface area contributed by atoms with Crippen molar-refractivity contribution in [3.8, 4) is 22.6 Å². The number of aromatic nitrogens is 4. The number of nitrogens with zero attached hydrogens (tertiary/aromatic N) is 5. The third-order valence-corrected chi connectivity index (χ3v) is 7.78. The Morgan fingerprint density at radius 3 is 2.40 bits per heavy atom. The van der Waals surface area contributed by atoms with Gasteiger partial charge in [-0.15, -0.1) is 24.8 Å². The first kappa shape index (κ1) is 31.4. The second-order valence-corrected chi connectivity index (χ2v) is 10.5. The van der Waals surface area contributed by atoms with Crippen LogP contribution in [0.5, 0.6) is 0 Å². The van der Waals surface area contributed by atoms with Crippen LogP contribution < -0.4 is 11.3 Å². The Morgan fingerprint density at radius 2 is 1.76 bits per heavy atom. The van der Waals surface area contributed by atoms with Gasteiger partial charge in [-0.3, -0.25) is 18.9 Å². The third-order valence-electron chi connectivity index (χ3n) is 7.78. The monoisotopic (exact) mass is 614 g/mol. The fourth-order valence-corrected chi connectivity index (χ4v) is 5.44. The lowest BCUT2D eigenvalue weighted by atomic mass is 9.91. The zero-order valence-electron chi connectivity index (χ0n) is 23.1. The molecular weight excluding hydrogens is 582 g/mol. The summed E-state index contributed by atoms with van der Waals surface area (Å²) < 4.78 is 23.3. The molecule has 2 aromatic carbocycles. The first-order valence-corrected chi connectivity index (χ1v) is 13.3. The zero-order valence-corrected chi connectivity index (χ0v) is 24.7. The molecule has 9 nitrogen and oxygen atoms in total. The lowest BCUT2D eigenvalue weighted by Crippen LogP contribution is -2.47. The van der Waals surface area contributed by atoms with Gasteiger partial charge in [0.2, 0.25) is 0 Å². The number of aliphatic hydroxyl groups is 1. The van der Waals surface area contributed by atoms with Crippen LogP contribution in [0.3, 0.4) is 0 Å². The number of aryl methyl sites for hydroxylation is 1. The number of halogens is 3. The zero-order chi connectivity index (χ0) is 27.9. The SMILES string of the molecule is Cl.Cl.Cn1nc2c(=O)n(CC3(O)CCN(Cc4ccc(-c5ccco5)cc4F)CC3)cnc2c1-c1ccc(CN)cc1. The molecule has 1 saturated heterocycles. The van der Waals surface area contributed by atoms with Crippen LogP contribution in [0.25, 0.3) is 33.6 Å². The average Bonchev–Trinajstić information content (AvgIpc) is 3.61. The fraction of sp³-hybridized carbons (Fsp3) is 0.300. The first-order chi connectivity index (χ1) is 19.3. The van der Waals surface area contributed by atoms with Gasteiger partial charge in [0.25, 0.3) is 5.56 Å². The highest BCUT2D eigenvalue weighted by Crippen LogP contribution is 2.29. The smallest absolute Gasteiger partial charge is 0.281 e. The van der Waals surface area contributed by atoms with Gasteiger partial charge in [-0.05, 0) is 36.6 Å². The van der Waals surface area contributed by atoms with E-state index >= 15 is 0 Å². The minimum Gasteiger partial charge on any atom is -0.464 e. The number of fused-ring (bicyclic) bond motifs is 1. The molecule has 0 atom stereocenters. The molecule has 4 heterocycles. The lowest BCUT2D eigenvalue weighted by Gasteiger charge is -2.38. The number of furan rings is 1. The molecule has 6 rings (SSSR count). The van der Waals surface area contributed by atoms with Gasteiger partial charge in [0.15, 0.2) is 5.52 Å². The maximum Gasteiger partial charge on any atom is 0.281 e. The van der Waals surface area contributed by atoms with Crippen molar-refractivity contribution >= 4 is 35.8 Å². The van der Waals surface area contributed by atoms with Crippen LogP contribution >= 0.6 is 24.8 Å². The number of likely N-dealkylation sites (tertiary alicyclic amines) is 1. The highest BCUT2D eigenvalue weighted by atomic mass is 35.5. The number of piperidine rings is 1. The Morgan fingerprint density at radius 1 is 1.05 bits per heavy atom. The Labute approximate surface area is 254 Å². The molecule has 1 aliphatic rings. The minimum atomic E-state index is -1.08. The molecule has 1 fully saturated rings. The predicted molar refractivity (Wildman–Crippen MR) is 164 cm³/mol. The van der Waals surface area contributed by atoms with Gasteiger partial charge >= 0.3 is 0 Å². The van der Waals surface area contributed by atoms with Crippen molar-refractivity contribution in [2.24, 2.45) is 12.8 Å². The number of nitrogens with two attached hydrogens (primary N) is 1. The van der Waals surface area contributed by atoms with E-state index < -0.39 is 5.60 Å². The van der Waals surface area contributed by atoms with Gasteiger partial charge in [0.05, 0.1) is 30.4 Å². The summed E-state index contributed by atoms with van der Waals surface area (Å²) in [4.78, 5) is 20.0. The molecule has 0 amide bonds. The van der Waals surface area contributed by atoms with Crippen molar-refractivity contribution in [3.63, 3.8) is 0 Å². The summed E-state index contributed by atoms with van der Waals surface area (Å²) in [6.45, 7) is 2.16. The highest BCUT2D eigenvalue weighted by Gasteiger charge is 2.33. The molecule has 0 aliphatic carbocycles. The summed E-state index contributed by atoms with van der Waals surface area (Å²) in [6, 6.07) is 16.5. The maximum absolute atomic E-state index is 14.8. The molecule has 3 aromatic heterocycles. The lowest BCUT2D eigenvalue weighted by molar-refractivity contribution is -0.0366. The van der Waals surface area contributed by atoms with Crippen LogP contribution in [0.15, 0.2) is 76.4 Å². The standard InChI is InChI=1S/C30H31FN6O3.2ClH/c1-35-28(21-6-4-20(16-32)5-7-21)26-27(34-35)29(38)37(19-33-26)18-30(39)10-12-36(13-11-30)17-23-9-8-22(15-24(23)31)25-3-2-14-40-25;;/h2-9,14-15,19,39H,10-13,16-18,32H2,1H3;2*1H. The van der Waals surface area contributed by atoms with Crippen LogP contribution in [0.4, 0.5) is 4.39 Å². The van der Waals surface area contributed by atoms with Gasteiger partial charge < -0.3 is 15.3 Å². The van der Waals surface area contributed by atoms with Crippen molar-refractivity contribution in [2.45, 2.75) is 38.1 Å². The summed E-state index contributed by atoms with van der Waals surface area (Å²) in [5.74, 6) is 0.338. The molecule has 0 unspecified atom stereocenters. The van der Waals surface area contributed by atoms with Crippen LogP contribution in [0, 0.1) is 5.82 Å². The van der Waals surface area contributed by atoms with Gasteiger partial charge in [0.1, 0.15) is 17.1 Å². The molecule has 0 radical (unpaired) electrons. The van der Waals surface area contributed by atoms with Crippen LogP contribution in [-0.2, 0) is 26.7 Å². The number of hydrogen-bond donors (Lipinski definition) is 2. The van der Waals surface area contributed by atoms with E-state index in [-0.39, 0.29) is 48.3 Å².